The summed E-state index contributed by atoms with van der Waals surface area (Å²) >= 11 is 0. The van der Waals surface area contributed by atoms with Crippen molar-refractivity contribution in [2.24, 2.45) is 0 Å². The Morgan fingerprint density at radius 2 is 2.10 bits per heavy atom. The molecule has 5 rings (SSSR count). The summed E-state index contributed by atoms with van der Waals surface area (Å²) in [6.45, 7) is 5.85. The van der Waals surface area contributed by atoms with Crippen molar-refractivity contribution < 1.29 is 14.3 Å². The minimum atomic E-state index is -0.342. The number of alkyl carbamates (subject to hydrolysis) is 1. The third-order valence-corrected chi connectivity index (χ3v) is 6.06. The third kappa shape index (κ3) is 4.06. The molecular formula is C22H27N5O3. The number of carbonyl (C=O) groups is 1. The molecule has 0 spiro atoms. The van der Waals surface area contributed by atoms with Gasteiger partial charge in [0.25, 0.3) is 0 Å². The summed E-state index contributed by atoms with van der Waals surface area (Å²) in [5.41, 5.74) is 1.88. The predicted molar refractivity (Wildman–Crippen MR) is 113 cm³/mol. The molecule has 3 aliphatic rings. The van der Waals surface area contributed by atoms with Gasteiger partial charge in [-0.1, -0.05) is 12.2 Å². The molecule has 158 valence electrons. The first-order valence-corrected chi connectivity index (χ1v) is 10.6. The van der Waals surface area contributed by atoms with Crippen molar-refractivity contribution in [3.63, 3.8) is 0 Å². The van der Waals surface area contributed by atoms with E-state index in [1.807, 2.05) is 36.5 Å². The number of carbonyl (C=O) groups excluding carboxylic acids is 1. The quantitative estimate of drug-likeness (QED) is 0.683. The molecule has 2 N–H and O–H groups in total. The number of nitrogens with zero attached hydrogens (tertiary/aromatic N) is 3. The molecule has 1 amide bonds. The van der Waals surface area contributed by atoms with Gasteiger partial charge in [-0.05, 0) is 37.6 Å². The van der Waals surface area contributed by atoms with Gasteiger partial charge < -0.3 is 14.4 Å². The first-order chi connectivity index (χ1) is 14.8. The van der Waals surface area contributed by atoms with E-state index in [0.29, 0.717) is 0 Å². The highest BCUT2D eigenvalue weighted by Crippen LogP contribution is 2.25. The number of unbranched alkanes of at least 4 members (excludes halogenated alkanes) is 1. The monoisotopic (exact) mass is 409 g/mol. The molecule has 1 aromatic heterocycles. The van der Waals surface area contributed by atoms with E-state index in [4.69, 9.17) is 9.47 Å². The summed E-state index contributed by atoms with van der Waals surface area (Å²) < 4.78 is 11.3. The number of aromatic nitrogens is 2. The first kappa shape index (κ1) is 19.1. The van der Waals surface area contributed by atoms with Crippen LogP contribution >= 0.6 is 0 Å². The van der Waals surface area contributed by atoms with Crippen LogP contribution in [0.2, 0.25) is 0 Å². The van der Waals surface area contributed by atoms with E-state index in [2.05, 4.69) is 31.4 Å². The van der Waals surface area contributed by atoms with Gasteiger partial charge in [0, 0.05) is 37.6 Å². The van der Waals surface area contributed by atoms with E-state index in [0.717, 1.165) is 74.5 Å². The smallest absolute Gasteiger partial charge is 0.412 e. The van der Waals surface area contributed by atoms with Crippen LogP contribution in [-0.4, -0.2) is 77.6 Å². The number of hydrogen-bond acceptors (Lipinski definition) is 6. The fourth-order valence-electron chi connectivity index (χ4n) is 4.39. The molecule has 1 aliphatic carbocycles. The third-order valence-electron chi connectivity index (χ3n) is 6.06. The lowest BCUT2D eigenvalue weighted by molar-refractivity contribution is 0.0527. The number of benzene rings is 1. The van der Waals surface area contributed by atoms with E-state index in [1.165, 1.54) is 0 Å². The molecule has 2 aromatic rings. The number of ether oxygens (including phenoxy) is 2. The van der Waals surface area contributed by atoms with Gasteiger partial charge in [-0.3, -0.25) is 15.3 Å². The van der Waals surface area contributed by atoms with Crippen LogP contribution in [0.3, 0.4) is 0 Å². The van der Waals surface area contributed by atoms with Gasteiger partial charge in [0.15, 0.2) is 6.10 Å². The predicted octanol–water partition coefficient (Wildman–Crippen LogP) is 2.27. The van der Waals surface area contributed by atoms with Gasteiger partial charge in [0.1, 0.15) is 5.75 Å². The second-order valence-corrected chi connectivity index (χ2v) is 8.00. The van der Waals surface area contributed by atoms with Crippen molar-refractivity contribution in [1.29, 1.82) is 0 Å². The molecule has 2 atom stereocenters. The van der Waals surface area contributed by atoms with Crippen LogP contribution in [0.4, 0.5) is 4.79 Å². The van der Waals surface area contributed by atoms with Gasteiger partial charge >= 0.3 is 6.09 Å². The number of fused-ring (bicyclic) bond motifs is 2. The molecule has 8 nitrogen and oxygen atoms in total. The molecule has 2 fully saturated rings. The van der Waals surface area contributed by atoms with Crippen LogP contribution < -0.4 is 10.1 Å². The lowest BCUT2D eigenvalue weighted by Gasteiger charge is -2.40. The Kier molecular flexibility index (Phi) is 5.42. The number of amides is 1. The van der Waals surface area contributed by atoms with E-state index in [9.17, 15) is 4.79 Å². The van der Waals surface area contributed by atoms with Crippen LogP contribution in [-0.2, 0) is 4.74 Å². The molecule has 0 radical (unpaired) electrons. The van der Waals surface area contributed by atoms with Crippen LogP contribution in [0.15, 0.2) is 48.3 Å². The minimum absolute atomic E-state index is 0.131. The number of allylic oxidation sites excluding steroid dienone is 2. The van der Waals surface area contributed by atoms with Crippen molar-refractivity contribution >= 4 is 17.0 Å². The minimum Gasteiger partial charge on any atom is -0.494 e. The van der Waals surface area contributed by atoms with Crippen molar-refractivity contribution in [1.82, 2.24) is 25.3 Å². The molecule has 2 unspecified atom stereocenters. The van der Waals surface area contributed by atoms with Crippen molar-refractivity contribution in [2.45, 2.75) is 25.0 Å². The van der Waals surface area contributed by atoms with Gasteiger partial charge in [-0.2, -0.15) is 5.10 Å². The molecule has 30 heavy (non-hydrogen) atoms. The van der Waals surface area contributed by atoms with Crippen molar-refractivity contribution in [2.75, 3.05) is 39.3 Å². The summed E-state index contributed by atoms with van der Waals surface area (Å²) in [6.07, 6.45) is 9.52. The molecule has 0 saturated carbocycles. The molecule has 1 aromatic carbocycles. The molecule has 8 heteroatoms. The molecular weight excluding hydrogens is 382 g/mol. The van der Waals surface area contributed by atoms with Crippen molar-refractivity contribution in [3.05, 3.63) is 48.3 Å². The Balaban J connectivity index is 1.01. The summed E-state index contributed by atoms with van der Waals surface area (Å²) in [6, 6.07) is 6.15. The maximum Gasteiger partial charge on any atom is 0.412 e. The maximum atomic E-state index is 11.6. The number of aromatic amines is 1. The summed E-state index contributed by atoms with van der Waals surface area (Å²) in [7, 11) is 0. The first-order valence-electron chi connectivity index (χ1n) is 10.6. The molecule has 3 heterocycles. The topological polar surface area (TPSA) is 82.7 Å². The Morgan fingerprint density at radius 3 is 3.00 bits per heavy atom. The zero-order chi connectivity index (χ0) is 20.3. The number of hydrogen-bond donors (Lipinski definition) is 2. The Morgan fingerprint density at radius 1 is 1.20 bits per heavy atom. The van der Waals surface area contributed by atoms with Gasteiger partial charge in [-0.25, -0.2) is 4.79 Å². The van der Waals surface area contributed by atoms with Crippen LogP contribution in [0.25, 0.3) is 10.9 Å². The zero-order valence-electron chi connectivity index (χ0n) is 16.9. The maximum absolute atomic E-state index is 11.6. The average Bonchev–Trinajstić information content (AvgIpc) is 3.38. The Bertz CT molecular complexity index is 961. The highest BCUT2D eigenvalue weighted by molar-refractivity contribution is 5.79. The van der Waals surface area contributed by atoms with Crippen LogP contribution in [0.1, 0.15) is 12.8 Å². The Hall–Kier alpha value is -2.84. The van der Waals surface area contributed by atoms with E-state index < -0.39 is 0 Å². The zero-order valence-corrected chi connectivity index (χ0v) is 16.9. The van der Waals surface area contributed by atoms with E-state index in [1.54, 1.807) is 0 Å². The fourth-order valence-corrected chi connectivity index (χ4v) is 4.39. The lowest BCUT2D eigenvalue weighted by Crippen LogP contribution is -2.53. The second-order valence-electron chi connectivity index (χ2n) is 8.00. The second kappa shape index (κ2) is 8.49. The highest BCUT2D eigenvalue weighted by Gasteiger charge is 2.39. The number of rotatable bonds is 7. The largest absolute Gasteiger partial charge is 0.494 e. The Labute approximate surface area is 175 Å². The van der Waals surface area contributed by atoms with Crippen molar-refractivity contribution in [3.8, 4) is 5.75 Å². The molecule has 0 bridgehead atoms. The van der Waals surface area contributed by atoms with Crippen LogP contribution in [0, 0.1) is 0 Å². The fraction of sp³-hybridized carbons (Fsp3) is 0.455. The summed E-state index contributed by atoms with van der Waals surface area (Å²) in [5.74, 6) is 0.886. The summed E-state index contributed by atoms with van der Waals surface area (Å²) in [5, 5.41) is 10.9. The standard InChI is InChI=1S/C22H27N5O3/c28-22-24-18-4-3-5-20(21(18)30-22)27-11-9-26(10-12-27)8-1-2-13-29-17-7-6-16-15-23-25-19(16)14-17/h3-7,14-15,20-21H,1-2,8-13H2,(H,23,25)(H,24,28). The average molecular weight is 409 g/mol. The number of H-pyrrole nitrogens is 1. The normalized spacial score (nSPS) is 24.4. The molecule has 2 aliphatic heterocycles. The van der Waals surface area contributed by atoms with E-state index in [-0.39, 0.29) is 18.2 Å². The SMILES string of the molecule is O=C1NC2=CC=CC(N3CCN(CCCCOc4ccc5cn[nH]c5c4)CC3)C2O1. The van der Waals surface area contributed by atoms with Gasteiger partial charge in [0.2, 0.25) is 0 Å². The molecule has 2 saturated heterocycles. The lowest BCUT2D eigenvalue weighted by atomic mass is 10.0. The summed E-state index contributed by atoms with van der Waals surface area (Å²) in [4.78, 5) is 16.5. The number of nitrogens with one attached hydrogen (secondary N) is 2. The van der Waals surface area contributed by atoms with Gasteiger partial charge in [0.05, 0.1) is 30.1 Å². The van der Waals surface area contributed by atoms with Crippen LogP contribution in [0.5, 0.6) is 5.75 Å². The van der Waals surface area contributed by atoms with E-state index >= 15 is 0 Å². The number of piperazine rings is 1. The van der Waals surface area contributed by atoms with Gasteiger partial charge in [-0.15, -0.1) is 0 Å². The highest BCUT2D eigenvalue weighted by atomic mass is 16.6.